The van der Waals surface area contributed by atoms with Crippen LogP contribution in [0.1, 0.15) is 27.9 Å². The first kappa shape index (κ1) is 22.1. The minimum absolute atomic E-state index is 0.124. The third kappa shape index (κ3) is 4.79. The lowest BCUT2D eigenvalue weighted by Gasteiger charge is -2.20. The SMILES string of the molecule is COC(=O)c1cc(CNC(=O)C2CC(=O)N(c3cc(C)ccc3OC)C2)ccc1OC. The van der Waals surface area contributed by atoms with E-state index in [0.717, 1.165) is 11.1 Å². The summed E-state index contributed by atoms with van der Waals surface area (Å²) in [5.41, 5.74) is 2.67. The van der Waals surface area contributed by atoms with Gasteiger partial charge in [-0.3, -0.25) is 9.59 Å². The molecule has 1 heterocycles. The number of anilines is 1. The molecule has 31 heavy (non-hydrogen) atoms. The van der Waals surface area contributed by atoms with Crippen LogP contribution in [0.2, 0.25) is 0 Å². The average molecular weight is 426 g/mol. The third-order valence-electron chi connectivity index (χ3n) is 5.26. The molecule has 1 saturated heterocycles. The van der Waals surface area contributed by atoms with Crippen molar-refractivity contribution in [3.63, 3.8) is 0 Å². The molecule has 0 bridgehead atoms. The van der Waals surface area contributed by atoms with Crippen LogP contribution < -0.4 is 19.7 Å². The van der Waals surface area contributed by atoms with Crippen molar-refractivity contribution in [1.82, 2.24) is 5.32 Å². The highest BCUT2D eigenvalue weighted by Gasteiger charge is 2.36. The van der Waals surface area contributed by atoms with Crippen LogP contribution in [-0.2, 0) is 20.9 Å². The molecule has 0 spiro atoms. The molecule has 1 N–H and O–H groups in total. The first-order chi connectivity index (χ1) is 14.9. The van der Waals surface area contributed by atoms with Gasteiger partial charge in [0.25, 0.3) is 0 Å². The summed E-state index contributed by atoms with van der Waals surface area (Å²) in [6.45, 7) is 2.43. The van der Waals surface area contributed by atoms with Crippen LogP contribution >= 0.6 is 0 Å². The first-order valence-corrected chi connectivity index (χ1v) is 9.85. The van der Waals surface area contributed by atoms with Gasteiger partial charge in [0.2, 0.25) is 11.8 Å². The molecule has 1 atom stereocenters. The Kier molecular flexibility index (Phi) is 6.79. The summed E-state index contributed by atoms with van der Waals surface area (Å²) in [5.74, 6) is -0.357. The molecule has 1 aliphatic heterocycles. The number of aryl methyl sites for hydroxylation is 1. The van der Waals surface area contributed by atoms with Gasteiger partial charge in [0.1, 0.15) is 17.1 Å². The van der Waals surface area contributed by atoms with Crippen molar-refractivity contribution in [2.45, 2.75) is 19.9 Å². The molecular weight excluding hydrogens is 400 g/mol. The van der Waals surface area contributed by atoms with Gasteiger partial charge in [-0.05, 0) is 42.3 Å². The second kappa shape index (κ2) is 9.51. The first-order valence-electron chi connectivity index (χ1n) is 9.85. The van der Waals surface area contributed by atoms with Gasteiger partial charge in [0.15, 0.2) is 0 Å². The number of nitrogens with zero attached hydrogens (tertiary/aromatic N) is 1. The van der Waals surface area contributed by atoms with Crippen molar-refractivity contribution in [3.05, 3.63) is 53.1 Å². The minimum atomic E-state index is -0.519. The number of carbonyl (C=O) groups is 3. The van der Waals surface area contributed by atoms with Crippen LogP contribution in [0.3, 0.4) is 0 Å². The molecule has 2 amide bonds. The van der Waals surface area contributed by atoms with Crippen LogP contribution in [0.15, 0.2) is 36.4 Å². The Morgan fingerprint density at radius 1 is 1.06 bits per heavy atom. The maximum absolute atomic E-state index is 12.7. The number of rotatable bonds is 7. The fourth-order valence-electron chi connectivity index (χ4n) is 3.60. The van der Waals surface area contributed by atoms with E-state index in [9.17, 15) is 14.4 Å². The van der Waals surface area contributed by atoms with E-state index in [2.05, 4.69) is 5.32 Å². The second-order valence-corrected chi connectivity index (χ2v) is 7.32. The molecule has 0 saturated carbocycles. The molecule has 8 nitrogen and oxygen atoms in total. The standard InChI is InChI=1S/C23H26N2O6/c1-14-5-7-20(30-3)18(9-14)25-13-16(11-21(25)26)22(27)24-12-15-6-8-19(29-2)17(10-15)23(28)31-4/h5-10,16H,11-13H2,1-4H3,(H,24,27). The Labute approximate surface area is 181 Å². The molecule has 1 aliphatic rings. The van der Waals surface area contributed by atoms with Crippen LogP contribution in [0.5, 0.6) is 11.5 Å². The van der Waals surface area contributed by atoms with Crippen molar-refractivity contribution in [1.29, 1.82) is 0 Å². The van der Waals surface area contributed by atoms with E-state index in [1.165, 1.54) is 14.2 Å². The average Bonchev–Trinajstić information content (AvgIpc) is 3.18. The molecular formula is C23H26N2O6. The lowest BCUT2D eigenvalue weighted by atomic mass is 10.1. The van der Waals surface area contributed by atoms with Gasteiger partial charge < -0.3 is 24.4 Å². The highest BCUT2D eigenvalue weighted by Crippen LogP contribution is 2.34. The summed E-state index contributed by atoms with van der Waals surface area (Å²) < 4.78 is 15.3. The van der Waals surface area contributed by atoms with Gasteiger partial charge >= 0.3 is 5.97 Å². The van der Waals surface area contributed by atoms with E-state index in [1.807, 2.05) is 25.1 Å². The molecule has 0 aliphatic carbocycles. The predicted molar refractivity (Wildman–Crippen MR) is 114 cm³/mol. The largest absolute Gasteiger partial charge is 0.496 e. The summed E-state index contributed by atoms with van der Waals surface area (Å²) in [7, 11) is 4.31. The van der Waals surface area contributed by atoms with Crippen LogP contribution in [0.4, 0.5) is 5.69 Å². The third-order valence-corrected chi connectivity index (χ3v) is 5.26. The van der Waals surface area contributed by atoms with Crippen molar-refractivity contribution in [2.24, 2.45) is 5.92 Å². The molecule has 3 rings (SSSR count). The van der Waals surface area contributed by atoms with Gasteiger partial charge in [-0.2, -0.15) is 0 Å². The van der Waals surface area contributed by atoms with Gasteiger partial charge in [-0.25, -0.2) is 4.79 Å². The molecule has 1 fully saturated rings. The Morgan fingerprint density at radius 3 is 2.45 bits per heavy atom. The molecule has 2 aromatic rings. The van der Waals surface area contributed by atoms with E-state index in [0.29, 0.717) is 17.2 Å². The van der Waals surface area contributed by atoms with E-state index >= 15 is 0 Å². The Balaban J connectivity index is 1.68. The highest BCUT2D eigenvalue weighted by molar-refractivity contribution is 6.01. The molecule has 2 aromatic carbocycles. The normalized spacial score (nSPS) is 15.5. The van der Waals surface area contributed by atoms with E-state index in [1.54, 1.807) is 30.2 Å². The lowest BCUT2D eigenvalue weighted by molar-refractivity contribution is -0.126. The number of ether oxygens (including phenoxy) is 3. The number of methoxy groups -OCH3 is 3. The maximum atomic E-state index is 12.7. The number of nitrogens with one attached hydrogen (secondary N) is 1. The van der Waals surface area contributed by atoms with Gasteiger partial charge in [-0.15, -0.1) is 0 Å². The molecule has 0 radical (unpaired) electrons. The minimum Gasteiger partial charge on any atom is -0.496 e. The number of amides is 2. The molecule has 164 valence electrons. The maximum Gasteiger partial charge on any atom is 0.341 e. The monoisotopic (exact) mass is 426 g/mol. The topological polar surface area (TPSA) is 94.2 Å². The van der Waals surface area contributed by atoms with Crippen LogP contribution in [0, 0.1) is 12.8 Å². The number of esters is 1. The highest BCUT2D eigenvalue weighted by atomic mass is 16.5. The number of hydrogen-bond acceptors (Lipinski definition) is 6. The van der Waals surface area contributed by atoms with Crippen molar-refractivity contribution in [3.8, 4) is 11.5 Å². The van der Waals surface area contributed by atoms with E-state index in [4.69, 9.17) is 14.2 Å². The van der Waals surface area contributed by atoms with Crippen molar-refractivity contribution < 1.29 is 28.6 Å². The number of benzene rings is 2. The van der Waals surface area contributed by atoms with Crippen molar-refractivity contribution in [2.75, 3.05) is 32.8 Å². The smallest absolute Gasteiger partial charge is 0.341 e. The fraction of sp³-hybridized carbons (Fsp3) is 0.348. The quantitative estimate of drug-likeness (QED) is 0.684. The Morgan fingerprint density at radius 2 is 1.77 bits per heavy atom. The van der Waals surface area contributed by atoms with Crippen LogP contribution in [0.25, 0.3) is 0 Å². The zero-order valence-corrected chi connectivity index (χ0v) is 18.1. The summed E-state index contributed by atoms with van der Waals surface area (Å²) >= 11 is 0. The predicted octanol–water partition coefficient (Wildman–Crippen LogP) is 2.47. The van der Waals surface area contributed by atoms with Gasteiger partial charge in [-0.1, -0.05) is 12.1 Å². The van der Waals surface area contributed by atoms with E-state index in [-0.39, 0.29) is 36.9 Å². The molecule has 0 aromatic heterocycles. The lowest BCUT2D eigenvalue weighted by Crippen LogP contribution is -2.32. The summed E-state index contributed by atoms with van der Waals surface area (Å²) in [6.07, 6.45) is 0.124. The summed E-state index contributed by atoms with van der Waals surface area (Å²) in [4.78, 5) is 38.8. The summed E-state index contributed by atoms with van der Waals surface area (Å²) in [6, 6.07) is 10.6. The Bertz CT molecular complexity index is 1000. The number of hydrogen-bond donors (Lipinski definition) is 1. The molecule has 1 unspecified atom stereocenters. The van der Waals surface area contributed by atoms with E-state index < -0.39 is 11.9 Å². The fourth-order valence-corrected chi connectivity index (χ4v) is 3.60. The Hall–Kier alpha value is -3.55. The molecule has 8 heteroatoms. The van der Waals surface area contributed by atoms with Crippen molar-refractivity contribution >= 4 is 23.5 Å². The van der Waals surface area contributed by atoms with Gasteiger partial charge in [0.05, 0.1) is 32.9 Å². The number of carbonyl (C=O) groups excluding carboxylic acids is 3. The second-order valence-electron chi connectivity index (χ2n) is 7.32. The summed E-state index contributed by atoms with van der Waals surface area (Å²) in [5, 5.41) is 2.85. The zero-order valence-electron chi connectivity index (χ0n) is 18.1. The zero-order chi connectivity index (χ0) is 22.5. The van der Waals surface area contributed by atoms with Crippen LogP contribution in [-0.4, -0.2) is 45.7 Å². The van der Waals surface area contributed by atoms with Gasteiger partial charge in [0, 0.05) is 19.5 Å².